The number of hydrogen-bond acceptors (Lipinski definition) is 4. The number of anilines is 1. The second-order valence-corrected chi connectivity index (χ2v) is 7.19. The number of fused-ring (bicyclic) bond motifs is 2. The van der Waals surface area contributed by atoms with Crippen molar-refractivity contribution in [3.8, 4) is 11.5 Å². The van der Waals surface area contributed by atoms with E-state index in [9.17, 15) is 18.0 Å². The van der Waals surface area contributed by atoms with Crippen molar-refractivity contribution >= 4 is 28.9 Å². The lowest BCUT2D eigenvalue weighted by Crippen LogP contribution is -2.40. The molecule has 2 aromatic rings. The van der Waals surface area contributed by atoms with E-state index in [1.165, 1.54) is 31.3 Å². The Hall–Kier alpha value is -2.81. The van der Waals surface area contributed by atoms with E-state index in [1.54, 1.807) is 4.90 Å². The molecule has 0 unspecified atom stereocenters. The van der Waals surface area contributed by atoms with E-state index in [1.807, 2.05) is 12.1 Å². The lowest BCUT2D eigenvalue weighted by atomic mass is 9.94. The number of halogens is 3. The Morgan fingerprint density at radius 3 is 2.34 bits per heavy atom. The molecule has 0 aromatic heterocycles. The van der Waals surface area contributed by atoms with Crippen molar-refractivity contribution in [3.05, 3.63) is 53.1 Å². The fourth-order valence-electron chi connectivity index (χ4n) is 3.76. The fraction of sp³-hybridized carbons (Fsp3) is 0.300. The Morgan fingerprint density at radius 2 is 1.72 bits per heavy atom. The van der Waals surface area contributed by atoms with E-state index in [2.05, 4.69) is 0 Å². The highest BCUT2D eigenvalue weighted by molar-refractivity contribution is 7.80. The highest BCUT2D eigenvalue weighted by Gasteiger charge is 2.46. The Labute approximate surface area is 170 Å². The zero-order chi connectivity index (χ0) is 20.9. The summed E-state index contributed by atoms with van der Waals surface area (Å²) in [5.41, 5.74) is 1.14. The molecule has 5 nitrogen and oxygen atoms in total. The molecule has 152 valence electrons. The lowest BCUT2D eigenvalue weighted by Gasteiger charge is -2.31. The van der Waals surface area contributed by atoms with Gasteiger partial charge in [0.05, 0.1) is 25.5 Å². The fourth-order valence-corrected chi connectivity index (χ4v) is 4.15. The zero-order valence-electron chi connectivity index (χ0n) is 15.6. The molecule has 0 aliphatic carbocycles. The number of carbonyl (C=O) groups excluding carboxylic acids is 1. The maximum absolute atomic E-state index is 13.1. The number of methoxy groups -OCH3 is 2. The standard InChI is InChI=1S/C20H17F3N2O3S/c1-27-16-7-11-6-15-18(26)25(14-5-3-4-13(9-14)20(21,22)23)19(29)24(15)10-12(11)8-17(16)28-2/h3-5,7-9,15H,6,10H2,1-2H3/t15-/m0/s1. The quantitative estimate of drug-likeness (QED) is 0.705. The second kappa shape index (κ2) is 6.91. The third-order valence-corrected chi connectivity index (χ3v) is 5.63. The Bertz CT molecular complexity index is 958. The molecular formula is C20H17F3N2O3S. The van der Waals surface area contributed by atoms with Crippen LogP contribution in [0.15, 0.2) is 36.4 Å². The van der Waals surface area contributed by atoms with Crippen molar-refractivity contribution < 1.29 is 27.4 Å². The summed E-state index contributed by atoms with van der Waals surface area (Å²) in [6.45, 7) is 0.361. The van der Waals surface area contributed by atoms with E-state index in [0.29, 0.717) is 24.5 Å². The van der Waals surface area contributed by atoms with Crippen LogP contribution in [0.25, 0.3) is 0 Å². The predicted molar refractivity (Wildman–Crippen MR) is 104 cm³/mol. The van der Waals surface area contributed by atoms with Gasteiger partial charge >= 0.3 is 6.18 Å². The van der Waals surface area contributed by atoms with Gasteiger partial charge in [-0.05, 0) is 53.7 Å². The van der Waals surface area contributed by atoms with Crippen LogP contribution >= 0.6 is 12.2 Å². The lowest BCUT2D eigenvalue weighted by molar-refractivity contribution is -0.137. The highest BCUT2D eigenvalue weighted by atomic mass is 32.1. The molecule has 2 aliphatic rings. The van der Waals surface area contributed by atoms with Crippen molar-refractivity contribution in [2.45, 2.75) is 25.2 Å². The van der Waals surface area contributed by atoms with Gasteiger partial charge in [0, 0.05) is 13.0 Å². The number of nitrogens with zero attached hydrogens (tertiary/aromatic N) is 2. The number of carbonyl (C=O) groups is 1. The minimum Gasteiger partial charge on any atom is -0.493 e. The monoisotopic (exact) mass is 422 g/mol. The molecule has 0 saturated carbocycles. The number of thiocarbonyl (C=S) groups is 1. The molecule has 4 rings (SSSR count). The molecule has 0 spiro atoms. The maximum atomic E-state index is 13.1. The van der Waals surface area contributed by atoms with E-state index in [4.69, 9.17) is 21.7 Å². The summed E-state index contributed by atoms with van der Waals surface area (Å²) in [7, 11) is 3.07. The Kier molecular flexibility index (Phi) is 4.65. The van der Waals surface area contributed by atoms with Crippen LogP contribution in [-0.2, 0) is 23.9 Å². The van der Waals surface area contributed by atoms with Crippen molar-refractivity contribution in [1.82, 2.24) is 4.90 Å². The zero-order valence-corrected chi connectivity index (χ0v) is 16.4. The summed E-state index contributed by atoms with van der Waals surface area (Å²) >= 11 is 5.47. The summed E-state index contributed by atoms with van der Waals surface area (Å²) in [6.07, 6.45) is -4.12. The summed E-state index contributed by atoms with van der Waals surface area (Å²) < 4.78 is 50.0. The van der Waals surface area contributed by atoms with Crippen LogP contribution in [0.4, 0.5) is 18.9 Å². The number of amides is 1. The van der Waals surface area contributed by atoms with Crippen LogP contribution in [0.2, 0.25) is 0 Å². The van der Waals surface area contributed by atoms with Gasteiger partial charge in [0.15, 0.2) is 16.6 Å². The number of benzene rings is 2. The smallest absolute Gasteiger partial charge is 0.416 e. The predicted octanol–water partition coefficient (Wildman–Crippen LogP) is 3.78. The number of hydrogen-bond donors (Lipinski definition) is 0. The molecule has 1 atom stereocenters. The average Bonchev–Trinajstić information content (AvgIpc) is 2.94. The highest BCUT2D eigenvalue weighted by Crippen LogP contribution is 2.39. The van der Waals surface area contributed by atoms with Crippen LogP contribution in [0.1, 0.15) is 16.7 Å². The van der Waals surface area contributed by atoms with Crippen LogP contribution in [0, 0.1) is 0 Å². The van der Waals surface area contributed by atoms with Gasteiger partial charge in [0.25, 0.3) is 5.91 Å². The SMILES string of the molecule is COc1cc2c(cc1OC)CN1C(=S)N(c3cccc(C(F)(F)F)c3)C(=O)[C@@H]1C2. The molecule has 9 heteroatoms. The van der Waals surface area contributed by atoms with E-state index < -0.39 is 17.8 Å². The van der Waals surface area contributed by atoms with Gasteiger partial charge in [-0.1, -0.05) is 6.07 Å². The molecule has 0 bridgehead atoms. The van der Waals surface area contributed by atoms with Gasteiger partial charge in [-0.25, -0.2) is 0 Å². The molecule has 2 heterocycles. The van der Waals surface area contributed by atoms with Crippen molar-refractivity contribution in [2.24, 2.45) is 0 Å². The van der Waals surface area contributed by atoms with Gasteiger partial charge in [0.2, 0.25) is 0 Å². The first kappa shape index (κ1) is 19.5. The molecule has 29 heavy (non-hydrogen) atoms. The summed E-state index contributed by atoms with van der Waals surface area (Å²) in [4.78, 5) is 16.0. The molecular weight excluding hydrogens is 405 g/mol. The average molecular weight is 422 g/mol. The van der Waals surface area contributed by atoms with E-state index in [0.717, 1.165) is 23.3 Å². The van der Waals surface area contributed by atoms with Crippen molar-refractivity contribution in [1.29, 1.82) is 0 Å². The second-order valence-electron chi connectivity index (χ2n) is 6.83. The van der Waals surface area contributed by atoms with Gasteiger partial charge in [-0.15, -0.1) is 0 Å². The number of alkyl halides is 3. The third-order valence-electron chi connectivity index (χ3n) is 5.21. The summed E-state index contributed by atoms with van der Waals surface area (Å²) in [5.74, 6) is 0.785. The summed E-state index contributed by atoms with van der Waals surface area (Å²) in [5, 5.41) is 0.194. The van der Waals surface area contributed by atoms with Gasteiger partial charge in [0.1, 0.15) is 6.04 Å². The number of ether oxygens (including phenoxy) is 2. The van der Waals surface area contributed by atoms with E-state index >= 15 is 0 Å². The van der Waals surface area contributed by atoms with Crippen LogP contribution in [0.5, 0.6) is 11.5 Å². The van der Waals surface area contributed by atoms with Gasteiger partial charge in [-0.2, -0.15) is 13.2 Å². The van der Waals surface area contributed by atoms with Gasteiger partial charge < -0.3 is 14.4 Å². The first-order chi connectivity index (χ1) is 13.7. The largest absolute Gasteiger partial charge is 0.493 e. The molecule has 1 saturated heterocycles. The molecule has 0 N–H and O–H groups in total. The van der Waals surface area contributed by atoms with Crippen LogP contribution in [0.3, 0.4) is 0 Å². The van der Waals surface area contributed by atoms with Crippen molar-refractivity contribution in [2.75, 3.05) is 19.1 Å². The van der Waals surface area contributed by atoms with Gasteiger partial charge in [-0.3, -0.25) is 9.69 Å². The molecule has 1 amide bonds. The Balaban J connectivity index is 1.69. The molecule has 2 aromatic carbocycles. The summed E-state index contributed by atoms with van der Waals surface area (Å²) in [6, 6.07) is 7.74. The minimum atomic E-state index is -4.50. The first-order valence-electron chi connectivity index (χ1n) is 8.80. The molecule has 2 aliphatic heterocycles. The first-order valence-corrected chi connectivity index (χ1v) is 9.21. The van der Waals surface area contributed by atoms with Crippen molar-refractivity contribution in [3.63, 3.8) is 0 Å². The van der Waals surface area contributed by atoms with E-state index in [-0.39, 0.29) is 16.7 Å². The third kappa shape index (κ3) is 3.19. The van der Waals surface area contributed by atoms with Crippen LogP contribution < -0.4 is 14.4 Å². The molecule has 1 fully saturated rings. The number of rotatable bonds is 3. The van der Waals surface area contributed by atoms with Crippen LogP contribution in [-0.4, -0.2) is 36.2 Å². The topological polar surface area (TPSA) is 42.0 Å². The maximum Gasteiger partial charge on any atom is 0.416 e. The normalized spacial score (nSPS) is 18.6. The Morgan fingerprint density at radius 1 is 1.07 bits per heavy atom. The minimum absolute atomic E-state index is 0.114. The molecule has 0 radical (unpaired) electrons.